The predicted molar refractivity (Wildman–Crippen MR) is 92.4 cm³/mol. The molecule has 22 heavy (non-hydrogen) atoms. The van der Waals surface area contributed by atoms with Crippen molar-refractivity contribution >= 4 is 0 Å². The Labute approximate surface area is 144 Å². The molecule has 0 amide bonds. The van der Waals surface area contributed by atoms with Crippen LogP contribution in [0.4, 0.5) is 0 Å². The van der Waals surface area contributed by atoms with Gasteiger partial charge in [0.05, 0.1) is 0 Å². The Balaban J connectivity index is 0.00000441. The van der Waals surface area contributed by atoms with Gasteiger partial charge in [-0.3, -0.25) is 0 Å². The second-order valence-electron chi connectivity index (χ2n) is 6.44. The second-order valence-corrected chi connectivity index (χ2v) is 6.44. The van der Waals surface area contributed by atoms with Crippen molar-refractivity contribution in [2.45, 2.75) is 90.4 Å². The average Bonchev–Trinajstić information content (AvgIpc) is 2.50. The Bertz CT molecular complexity index is 351. The molecule has 1 nitrogen and oxygen atoms in total. The normalized spacial score (nSPS) is 10.5. The second kappa shape index (κ2) is 15.3. The summed E-state index contributed by atoms with van der Waals surface area (Å²) in [6, 6.07) is 6.50. The van der Waals surface area contributed by atoms with Gasteiger partial charge in [-0.05, 0) is 6.42 Å². The lowest BCUT2D eigenvalue weighted by Gasteiger charge is -2.03. The number of halogens is 1. The van der Waals surface area contributed by atoms with Crippen molar-refractivity contribution in [1.82, 2.24) is 0 Å². The van der Waals surface area contributed by atoms with Crippen molar-refractivity contribution in [1.29, 1.82) is 0 Å². The van der Waals surface area contributed by atoms with E-state index in [1.807, 2.05) is 0 Å². The van der Waals surface area contributed by atoms with Crippen LogP contribution in [0.25, 0.3) is 0 Å². The first-order valence-corrected chi connectivity index (χ1v) is 9.28. The van der Waals surface area contributed by atoms with Crippen molar-refractivity contribution in [3.63, 3.8) is 0 Å². The van der Waals surface area contributed by atoms with E-state index in [1.165, 1.54) is 89.2 Å². The van der Waals surface area contributed by atoms with Crippen molar-refractivity contribution < 1.29 is 17.0 Å². The predicted octanol–water partition coefficient (Wildman–Crippen LogP) is 2.76. The molecule has 0 aliphatic carbocycles. The Kier molecular flexibility index (Phi) is 14.9. The molecule has 0 spiro atoms. The molecule has 0 aliphatic rings. The molecule has 1 aromatic heterocycles. The van der Waals surface area contributed by atoms with Gasteiger partial charge >= 0.3 is 0 Å². The molecule has 0 N–H and O–H groups in total. The zero-order valence-corrected chi connectivity index (χ0v) is 15.6. The highest BCUT2D eigenvalue weighted by atomic mass is 35.5. The molecule has 2 heteroatoms. The summed E-state index contributed by atoms with van der Waals surface area (Å²) in [6.07, 6.45) is 20.5. The van der Waals surface area contributed by atoms with Crippen LogP contribution in [0.2, 0.25) is 0 Å². The molecule has 0 saturated carbocycles. The summed E-state index contributed by atoms with van der Waals surface area (Å²) >= 11 is 0. The van der Waals surface area contributed by atoms with Gasteiger partial charge in [-0.25, -0.2) is 4.57 Å². The Morgan fingerprint density at radius 3 is 1.73 bits per heavy atom. The molecule has 0 fully saturated rings. The molecule has 0 radical (unpaired) electrons. The highest BCUT2D eigenvalue weighted by molar-refractivity contribution is 4.96. The van der Waals surface area contributed by atoms with E-state index >= 15 is 0 Å². The largest absolute Gasteiger partial charge is 1.00 e. The number of rotatable bonds is 13. The van der Waals surface area contributed by atoms with Crippen molar-refractivity contribution in [3.05, 3.63) is 30.1 Å². The molecule has 1 aromatic rings. The molecule has 1 rings (SSSR count). The summed E-state index contributed by atoms with van der Waals surface area (Å²) in [5, 5.41) is 0. The summed E-state index contributed by atoms with van der Waals surface area (Å²) in [7, 11) is 2.15. The Hall–Kier alpha value is -0.560. The molecule has 0 unspecified atom stereocenters. The minimum atomic E-state index is 0. The van der Waals surface area contributed by atoms with E-state index in [4.69, 9.17) is 0 Å². The number of hydrogen-bond donors (Lipinski definition) is 0. The SMILES string of the molecule is CCCCCCCCCCCCCCc1cccc[n+]1C.[Cl-]. The average molecular weight is 326 g/mol. The van der Waals surface area contributed by atoms with Crippen LogP contribution < -0.4 is 17.0 Å². The van der Waals surface area contributed by atoms with Crippen molar-refractivity contribution in [3.8, 4) is 0 Å². The van der Waals surface area contributed by atoms with Gasteiger partial charge < -0.3 is 12.4 Å². The summed E-state index contributed by atoms with van der Waals surface area (Å²) in [4.78, 5) is 0. The Morgan fingerprint density at radius 1 is 0.727 bits per heavy atom. The maximum absolute atomic E-state index is 2.29. The van der Waals surface area contributed by atoms with Crippen molar-refractivity contribution in [2.75, 3.05) is 0 Å². The smallest absolute Gasteiger partial charge is 0.181 e. The molecule has 1 heterocycles. The molecule has 0 atom stereocenters. The zero-order chi connectivity index (χ0) is 15.2. The zero-order valence-electron chi connectivity index (χ0n) is 14.8. The first-order valence-electron chi connectivity index (χ1n) is 9.28. The van der Waals surface area contributed by atoms with E-state index in [2.05, 4.69) is 42.9 Å². The summed E-state index contributed by atoms with van der Waals surface area (Å²) in [5.41, 5.74) is 1.46. The lowest BCUT2D eigenvalue weighted by Crippen LogP contribution is -3.00. The monoisotopic (exact) mass is 325 g/mol. The van der Waals surface area contributed by atoms with Crippen molar-refractivity contribution in [2.24, 2.45) is 7.05 Å². The summed E-state index contributed by atoms with van der Waals surface area (Å²) < 4.78 is 2.25. The van der Waals surface area contributed by atoms with Crippen LogP contribution >= 0.6 is 0 Å². The third-order valence-electron chi connectivity index (χ3n) is 4.45. The number of aromatic nitrogens is 1. The molecular weight excluding hydrogens is 290 g/mol. The fourth-order valence-electron chi connectivity index (χ4n) is 2.97. The Morgan fingerprint density at radius 2 is 1.23 bits per heavy atom. The van der Waals surface area contributed by atoms with Crippen LogP contribution in [0.15, 0.2) is 24.4 Å². The van der Waals surface area contributed by atoms with E-state index in [-0.39, 0.29) is 12.4 Å². The van der Waals surface area contributed by atoms with E-state index < -0.39 is 0 Å². The lowest BCUT2D eigenvalue weighted by molar-refractivity contribution is -0.679. The number of unbranched alkanes of at least 4 members (excludes halogenated alkanes) is 11. The van der Waals surface area contributed by atoms with Crippen LogP contribution in [-0.2, 0) is 13.5 Å². The maximum Gasteiger partial charge on any atom is 0.181 e. The van der Waals surface area contributed by atoms with E-state index in [0.717, 1.165) is 0 Å². The minimum absolute atomic E-state index is 0. The van der Waals surface area contributed by atoms with E-state index in [0.29, 0.717) is 0 Å². The molecule has 128 valence electrons. The highest BCUT2D eigenvalue weighted by Gasteiger charge is 2.03. The van der Waals surface area contributed by atoms with Crippen LogP contribution in [0, 0.1) is 0 Å². The van der Waals surface area contributed by atoms with Gasteiger partial charge in [0, 0.05) is 18.6 Å². The lowest BCUT2D eigenvalue weighted by atomic mass is 10.0. The molecule has 0 bridgehead atoms. The summed E-state index contributed by atoms with van der Waals surface area (Å²) in [5.74, 6) is 0. The fourth-order valence-corrected chi connectivity index (χ4v) is 2.97. The topological polar surface area (TPSA) is 3.88 Å². The standard InChI is InChI=1S/C20H36N.ClH/c1-3-4-5-6-7-8-9-10-11-12-13-14-17-20-18-15-16-19-21(20)2;/h15-16,18-19H,3-14,17H2,1-2H3;1H/q+1;/p-1. The minimum Gasteiger partial charge on any atom is -1.00 e. The van der Waals surface area contributed by atoms with E-state index in [9.17, 15) is 0 Å². The van der Waals surface area contributed by atoms with Crippen LogP contribution in [0.5, 0.6) is 0 Å². The van der Waals surface area contributed by atoms with Crippen LogP contribution in [-0.4, -0.2) is 0 Å². The van der Waals surface area contributed by atoms with Gasteiger partial charge in [-0.15, -0.1) is 0 Å². The van der Waals surface area contributed by atoms with Gasteiger partial charge in [0.2, 0.25) is 0 Å². The third-order valence-corrected chi connectivity index (χ3v) is 4.45. The quantitative estimate of drug-likeness (QED) is 0.388. The van der Waals surface area contributed by atoms with Gasteiger partial charge in [-0.2, -0.15) is 0 Å². The number of aryl methyl sites for hydroxylation is 2. The molecule has 0 aromatic carbocycles. The third kappa shape index (κ3) is 11.1. The van der Waals surface area contributed by atoms with Crippen LogP contribution in [0.1, 0.15) is 89.7 Å². The first kappa shape index (κ1) is 21.4. The van der Waals surface area contributed by atoms with E-state index in [1.54, 1.807) is 0 Å². The molecule has 0 saturated heterocycles. The summed E-state index contributed by atoms with van der Waals surface area (Å²) in [6.45, 7) is 2.29. The number of hydrogen-bond acceptors (Lipinski definition) is 0. The molecular formula is C20H36ClN. The van der Waals surface area contributed by atoms with Crippen LogP contribution in [0.3, 0.4) is 0 Å². The van der Waals surface area contributed by atoms with Gasteiger partial charge in [0.15, 0.2) is 11.9 Å². The first-order chi connectivity index (χ1) is 10.3. The van der Waals surface area contributed by atoms with Gasteiger partial charge in [-0.1, -0.05) is 83.6 Å². The number of nitrogens with zero attached hydrogens (tertiary/aromatic N) is 1. The number of pyridine rings is 1. The fraction of sp³-hybridized carbons (Fsp3) is 0.750. The highest BCUT2D eigenvalue weighted by Crippen LogP contribution is 2.12. The van der Waals surface area contributed by atoms with Gasteiger partial charge in [0.1, 0.15) is 7.05 Å². The molecule has 0 aliphatic heterocycles. The maximum atomic E-state index is 2.29. The van der Waals surface area contributed by atoms with Gasteiger partial charge in [0.25, 0.3) is 0 Å².